The maximum Gasteiger partial charge on any atom is 0.490 e. The van der Waals surface area contributed by atoms with Crippen LogP contribution in [0.2, 0.25) is 0 Å². The van der Waals surface area contributed by atoms with Gasteiger partial charge in [-0.3, -0.25) is 0 Å². The summed E-state index contributed by atoms with van der Waals surface area (Å²) in [6.07, 6.45) is -4.48. The van der Waals surface area contributed by atoms with Crippen molar-refractivity contribution in [2.45, 2.75) is 31.1 Å². The molecule has 3 N–H and O–H groups in total. The summed E-state index contributed by atoms with van der Waals surface area (Å²) < 4.78 is 86.2. The molecule has 210 valence electrons. The van der Waals surface area contributed by atoms with Gasteiger partial charge in [0.25, 0.3) is 10.2 Å². The summed E-state index contributed by atoms with van der Waals surface area (Å²) in [7, 11) is -3.66. The minimum atomic E-state index is -5.08. The van der Waals surface area contributed by atoms with Gasteiger partial charge in [0.05, 0.1) is 19.3 Å². The Morgan fingerprint density at radius 1 is 1.13 bits per heavy atom. The number of aliphatic carboxylic acids is 1. The maximum absolute atomic E-state index is 13.4. The minimum Gasteiger partial charge on any atom is -0.492 e. The predicted molar refractivity (Wildman–Crippen MR) is 129 cm³/mol. The highest BCUT2D eigenvalue weighted by molar-refractivity contribution is 7.86. The van der Waals surface area contributed by atoms with Crippen molar-refractivity contribution in [1.29, 1.82) is 0 Å². The number of carbonyl (C=O) groups is 1. The lowest BCUT2D eigenvalue weighted by Crippen LogP contribution is -2.51. The van der Waals surface area contributed by atoms with Gasteiger partial charge in [-0.05, 0) is 47.7 Å². The van der Waals surface area contributed by atoms with Crippen molar-refractivity contribution in [2.24, 2.45) is 5.73 Å². The number of carboxylic acids is 1. The number of nitrogens with zero attached hydrogens (tertiary/aromatic N) is 2. The fraction of sp³-hybridized carbons (Fsp3) is 0.458. The van der Waals surface area contributed by atoms with Crippen molar-refractivity contribution < 1.29 is 45.4 Å². The van der Waals surface area contributed by atoms with Gasteiger partial charge in [0.1, 0.15) is 18.2 Å². The molecule has 14 heteroatoms. The van der Waals surface area contributed by atoms with Crippen LogP contribution in [0.1, 0.15) is 23.5 Å². The Labute approximate surface area is 217 Å². The SMILES string of the molecule is NCc1cccc(OC[C@H]2C[C@@H](c3ccc(F)cc3)CN2S(=O)(=O)N2CCOCC2)c1.O=C(O)C(F)(F)F. The van der Waals surface area contributed by atoms with E-state index in [1.54, 1.807) is 16.4 Å². The Kier molecular flexibility index (Phi) is 10.1. The van der Waals surface area contributed by atoms with Gasteiger partial charge in [0, 0.05) is 26.2 Å². The van der Waals surface area contributed by atoms with Gasteiger partial charge < -0.3 is 20.3 Å². The number of benzene rings is 2. The van der Waals surface area contributed by atoms with Crippen LogP contribution >= 0.6 is 0 Å². The van der Waals surface area contributed by atoms with Gasteiger partial charge in [0.15, 0.2) is 0 Å². The number of halogens is 4. The summed E-state index contributed by atoms with van der Waals surface area (Å²) in [5, 5.41) is 7.12. The van der Waals surface area contributed by atoms with Crippen molar-refractivity contribution in [2.75, 3.05) is 39.5 Å². The zero-order valence-electron chi connectivity index (χ0n) is 20.3. The number of morpholine rings is 1. The molecule has 0 aliphatic carbocycles. The van der Waals surface area contributed by atoms with E-state index < -0.39 is 22.4 Å². The van der Waals surface area contributed by atoms with Crippen molar-refractivity contribution in [3.63, 3.8) is 0 Å². The number of alkyl halides is 3. The highest BCUT2D eigenvalue weighted by Crippen LogP contribution is 2.35. The quantitative estimate of drug-likeness (QED) is 0.497. The molecule has 2 aliphatic rings. The second kappa shape index (κ2) is 12.8. The first kappa shape index (κ1) is 29.8. The molecule has 38 heavy (non-hydrogen) atoms. The topological polar surface area (TPSA) is 122 Å². The standard InChI is InChI=1S/C22H28FN3O4S.C2HF3O2/c23-20-6-4-18(5-7-20)19-13-21(16-30-22-3-1-2-17(12-22)14-24)26(15-19)31(27,28)25-8-10-29-11-9-25;3-2(4,5)1(6)7/h1-7,12,19,21H,8-11,13-16,24H2;(H,6,7)/t19-,21-;/m1./s1. The molecule has 4 rings (SSSR count). The fourth-order valence-electron chi connectivity index (χ4n) is 4.18. The van der Waals surface area contributed by atoms with E-state index in [0.29, 0.717) is 51.6 Å². The monoisotopic (exact) mass is 563 g/mol. The van der Waals surface area contributed by atoms with Crippen LogP contribution in [-0.4, -0.2) is 79.8 Å². The average molecular weight is 564 g/mol. The van der Waals surface area contributed by atoms with E-state index in [4.69, 9.17) is 25.1 Å². The van der Waals surface area contributed by atoms with Crippen molar-refractivity contribution in [1.82, 2.24) is 8.61 Å². The lowest BCUT2D eigenvalue weighted by atomic mass is 9.96. The largest absolute Gasteiger partial charge is 0.492 e. The zero-order valence-corrected chi connectivity index (χ0v) is 21.1. The minimum absolute atomic E-state index is 0.0274. The van der Waals surface area contributed by atoms with Crippen LogP contribution in [0.15, 0.2) is 48.5 Å². The van der Waals surface area contributed by atoms with Crippen LogP contribution in [0.5, 0.6) is 5.75 Å². The second-order valence-corrected chi connectivity index (χ2v) is 10.6. The Hall–Kier alpha value is -2.78. The van der Waals surface area contributed by atoms with Crippen LogP contribution < -0.4 is 10.5 Å². The first-order valence-corrected chi connectivity index (χ1v) is 13.1. The van der Waals surface area contributed by atoms with Crippen LogP contribution in [0, 0.1) is 5.82 Å². The number of hydrogen-bond donors (Lipinski definition) is 2. The molecular weight excluding hydrogens is 534 g/mol. The van der Waals surface area contributed by atoms with E-state index in [2.05, 4.69) is 0 Å². The molecule has 0 bridgehead atoms. The third kappa shape index (κ3) is 7.86. The maximum atomic E-state index is 13.4. The number of rotatable bonds is 7. The third-order valence-corrected chi connectivity index (χ3v) is 8.17. The summed E-state index contributed by atoms with van der Waals surface area (Å²) >= 11 is 0. The Balaban J connectivity index is 0.000000505. The molecule has 2 fully saturated rings. The molecule has 2 atom stereocenters. The lowest BCUT2D eigenvalue weighted by Gasteiger charge is -2.32. The third-order valence-electron chi connectivity index (χ3n) is 6.12. The van der Waals surface area contributed by atoms with Gasteiger partial charge in [0.2, 0.25) is 0 Å². The second-order valence-electron chi connectivity index (χ2n) is 8.69. The molecule has 0 radical (unpaired) electrons. The van der Waals surface area contributed by atoms with Crippen molar-refractivity contribution >= 4 is 16.2 Å². The first-order valence-electron chi connectivity index (χ1n) is 11.7. The Bertz CT molecular complexity index is 1170. The Morgan fingerprint density at radius 2 is 1.76 bits per heavy atom. The van der Waals surface area contributed by atoms with Gasteiger partial charge in [-0.2, -0.15) is 30.2 Å². The highest BCUT2D eigenvalue weighted by atomic mass is 32.2. The summed E-state index contributed by atoms with van der Waals surface area (Å²) in [4.78, 5) is 8.90. The number of carboxylic acid groups (broad SMARTS) is 1. The molecule has 0 spiro atoms. The molecule has 0 saturated carbocycles. The van der Waals surface area contributed by atoms with E-state index in [9.17, 15) is 26.0 Å². The predicted octanol–water partition coefficient (Wildman–Crippen LogP) is 2.73. The average Bonchev–Trinajstić information content (AvgIpc) is 3.33. The number of nitrogens with two attached hydrogens (primary N) is 1. The molecule has 0 amide bonds. The van der Waals surface area contributed by atoms with Crippen molar-refractivity contribution in [3.05, 3.63) is 65.5 Å². The molecule has 2 aromatic carbocycles. The van der Waals surface area contributed by atoms with E-state index in [0.717, 1.165) is 11.1 Å². The molecule has 0 unspecified atom stereocenters. The number of ether oxygens (including phenoxy) is 2. The summed E-state index contributed by atoms with van der Waals surface area (Å²) in [6.45, 7) is 2.43. The van der Waals surface area contributed by atoms with E-state index in [-0.39, 0.29) is 24.4 Å². The summed E-state index contributed by atoms with van der Waals surface area (Å²) in [6, 6.07) is 13.5. The van der Waals surface area contributed by atoms with Gasteiger partial charge in [-0.1, -0.05) is 24.3 Å². The van der Waals surface area contributed by atoms with Crippen molar-refractivity contribution in [3.8, 4) is 5.75 Å². The summed E-state index contributed by atoms with van der Waals surface area (Å²) in [5.74, 6) is -2.43. The van der Waals surface area contributed by atoms with Gasteiger partial charge in [-0.25, -0.2) is 9.18 Å². The molecule has 2 heterocycles. The highest BCUT2D eigenvalue weighted by Gasteiger charge is 2.43. The molecule has 2 aromatic rings. The summed E-state index contributed by atoms with van der Waals surface area (Å²) in [5.41, 5.74) is 7.58. The van der Waals surface area contributed by atoms with Crippen LogP contribution in [0.4, 0.5) is 17.6 Å². The van der Waals surface area contributed by atoms with Crippen LogP contribution in [0.3, 0.4) is 0 Å². The smallest absolute Gasteiger partial charge is 0.490 e. The fourth-order valence-corrected chi connectivity index (χ4v) is 5.98. The van der Waals surface area contributed by atoms with Crippen LogP contribution in [-0.2, 0) is 26.3 Å². The van der Waals surface area contributed by atoms with Gasteiger partial charge >= 0.3 is 12.1 Å². The first-order chi connectivity index (χ1) is 17.9. The van der Waals surface area contributed by atoms with Crippen LogP contribution in [0.25, 0.3) is 0 Å². The molecule has 2 aliphatic heterocycles. The zero-order chi connectivity index (χ0) is 27.9. The molecule has 0 aromatic heterocycles. The Morgan fingerprint density at radius 3 is 2.34 bits per heavy atom. The molecule has 9 nitrogen and oxygen atoms in total. The van der Waals surface area contributed by atoms with E-state index in [1.165, 1.54) is 16.4 Å². The number of hydrogen-bond acceptors (Lipinski definition) is 6. The van der Waals surface area contributed by atoms with E-state index >= 15 is 0 Å². The normalized spacial score (nSPS) is 21.0. The molecular formula is C24H29F4N3O6S. The van der Waals surface area contributed by atoms with E-state index in [1.807, 2.05) is 24.3 Å². The lowest BCUT2D eigenvalue weighted by molar-refractivity contribution is -0.192. The van der Waals surface area contributed by atoms with Gasteiger partial charge in [-0.15, -0.1) is 0 Å². The molecule has 2 saturated heterocycles.